The van der Waals surface area contributed by atoms with Crippen LogP contribution in [0.4, 0.5) is 5.69 Å². The van der Waals surface area contributed by atoms with Gasteiger partial charge in [0.2, 0.25) is 0 Å². The van der Waals surface area contributed by atoms with Crippen LogP contribution in [0.2, 0.25) is 5.15 Å². The van der Waals surface area contributed by atoms with Gasteiger partial charge >= 0.3 is 0 Å². The maximum absolute atomic E-state index is 6.17. The van der Waals surface area contributed by atoms with Crippen LogP contribution in [0.25, 0.3) is 11.3 Å². The van der Waals surface area contributed by atoms with Crippen molar-refractivity contribution >= 4 is 17.3 Å². The number of aryl methyl sites for hydroxylation is 1. The fourth-order valence-electron chi connectivity index (χ4n) is 2.13. The monoisotopic (exact) mass is 292 g/mol. The minimum Gasteiger partial charge on any atom is -0.337 e. The molecule has 6 N–H and O–H groups in total. The lowest BCUT2D eigenvalue weighted by molar-refractivity contribution is 0.613. The molecule has 9 heteroatoms. The lowest BCUT2D eigenvalue weighted by atomic mass is 10.1. The standard InChI is InChI=1S/C11H13ClN8/c1-5-15-9(10(12)20(5)14)6-2-3-7-8(4-6)16-17-11(7)18-19-13/h2-4,11,16-17H,14H2,1H3,(H2,13,18). The maximum Gasteiger partial charge on any atom is 0.166 e. The number of aromatic nitrogens is 2. The van der Waals surface area contributed by atoms with E-state index in [1.165, 1.54) is 4.68 Å². The van der Waals surface area contributed by atoms with Crippen molar-refractivity contribution in [2.24, 2.45) is 16.2 Å². The number of nitrogens with two attached hydrogens (primary N) is 2. The number of nitrogens with zero attached hydrogens (tertiary/aromatic N) is 4. The van der Waals surface area contributed by atoms with E-state index < -0.39 is 0 Å². The molecule has 1 atom stereocenters. The molecule has 0 saturated carbocycles. The number of anilines is 1. The van der Waals surface area contributed by atoms with Gasteiger partial charge in [0.15, 0.2) is 11.3 Å². The molecular formula is C11H13ClN8. The Morgan fingerprint density at radius 3 is 2.90 bits per heavy atom. The van der Waals surface area contributed by atoms with Crippen LogP contribution in [0.15, 0.2) is 28.5 Å². The maximum atomic E-state index is 6.17. The highest BCUT2D eigenvalue weighted by Gasteiger charge is 2.23. The van der Waals surface area contributed by atoms with E-state index >= 15 is 0 Å². The van der Waals surface area contributed by atoms with Crippen LogP contribution in [0.5, 0.6) is 0 Å². The lowest BCUT2D eigenvalue weighted by Gasteiger charge is -2.04. The second-order valence-electron chi connectivity index (χ2n) is 4.37. The largest absolute Gasteiger partial charge is 0.337 e. The third kappa shape index (κ3) is 1.86. The number of fused-ring (bicyclic) bond motifs is 1. The molecule has 1 aromatic carbocycles. The van der Waals surface area contributed by atoms with Gasteiger partial charge in [0.05, 0.1) is 5.69 Å². The zero-order chi connectivity index (χ0) is 14.3. The van der Waals surface area contributed by atoms with E-state index in [1.54, 1.807) is 6.92 Å². The average Bonchev–Trinajstić information content (AvgIpc) is 2.96. The van der Waals surface area contributed by atoms with E-state index in [4.69, 9.17) is 23.3 Å². The fourth-order valence-corrected chi connectivity index (χ4v) is 2.41. The van der Waals surface area contributed by atoms with Crippen LogP contribution < -0.4 is 22.5 Å². The minimum atomic E-state index is -0.298. The minimum absolute atomic E-state index is 0.298. The van der Waals surface area contributed by atoms with Gasteiger partial charge in [0.25, 0.3) is 0 Å². The number of nitrogen functional groups attached to an aromatic ring is 1. The summed E-state index contributed by atoms with van der Waals surface area (Å²) in [6, 6.07) is 5.74. The first kappa shape index (κ1) is 12.7. The first-order chi connectivity index (χ1) is 9.61. The third-order valence-corrected chi connectivity index (χ3v) is 3.54. The van der Waals surface area contributed by atoms with E-state index in [0.29, 0.717) is 16.7 Å². The molecule has 3 rings (SSSR count). The Kier molecular flexibility index (Phi) is 2.96. The highest BCUT2D eigenvalue weighted by Crippen LogP contribution is 2.35. The summed E-state index contributed by atoms with van der Waals surface area (Å²) in [6.07, 6.45) is -0.298. The molecule has 2 aromatic rings. The van der Waals surface area contributed by atoms with Crippen LogP contribution in [0.3, 0.4) is 0 Å². The molecule has 0 spiro atoms. The summed E-state index contributed by atoms with van der Waals surface area (Å²) in [6.45, 7) is 1.79. The molecule has 0 fully saturated rings. The number of rotatable bonds is 2. The first-order valence-corrected chi connectivity index (χ1v) is 6.25. The molecule has 0 saturated heterocycles. The van der Waals surface area contributed by atoms with Gasteiger partial charge in [-0.1, -0.05) is 29.0 Å². The Morgan fingerprint density at radius 2 is 2.25 bits per heavy atom. The number of benzene rings is 1. The van der Waals surface area contributed by atoms with Crippen LogP contribution in [0, 0.1) is 6.92 Å². The fraction of sp³-hybridized carbons (Fsp3) is 0.182. The van der Waals surface area contributed by atoms with Crippen LogP contribution in [-0.2, 0) is 0 Å². The Labute approximate surface area is 119 Å². The summed E-state index contributed by atoms with van der Waals surface area (Å²) in [5.74, 6) is 11.5. The average molecular weight is 293 g/mol. The van der Waals surface area contributed by atoms with Crippen molar-refractivity contribution in [2.75, 3.05) is 11.3 Å². The third-order valence-electron chi connectivity index (χ3n) is 3.18. The predicted octanol–water partition coefficient (Wildman–Crippen LogP) is 1.48. The summed E-state index contributed by atoms with van der Waals surface area (Å²) in [7, 11) is 0. The number of halogens is 1. The second-order valence-corrected chi connectivity index (χ2v) is 4.73. The van der Waals surface area contributed by atoms with Crippen molar-refractivity contribution in [1.82, 2.24) is 15.1 Å². The predicted molar refractivity (Wildman–Crippen MR) is 76.1 cm³/mol. The lowest BCUT2D eigenvalue weighted by Crippen LogP contribution is -2.16. The van der Waals surface area contributed by atoms with Crippen molar-refractivity contribution in [3.8, 4) is 11.3 Å². The summed E-state index contributed by atoms with van der Waals surface area (Å²) < 4.78 is 1.35. The van der Waals surface area contributed by atoms with Crippen LogP contribution >= 0.6 is 11.6 Å². The molecule has 0 radical (unpaired) electrons. The smallest absolute Gasteiger partial charge is 0.166 e. The molecule has 1 aliphatic rings. The Balaban J connectivity index is 2.04. The topological polar surface area (TPSA) is 119 Å². The highest BCUT2D eigenvalue weighted by atomic mass is 35.5. The van der Waals surface area contributed by atoms with Crippen molar-refractivity contribution in [3.05, 3.63) is 34.7 Å². The Bertz CT molecular complexity index is 692. The molecule has 0 aliphatic carbocycles. The molecule has 8 nitrogen and oxygen atoms in total. The molecule has 0 amide bonds. The summed E-state index contributed by atoms with van der Waals surface area (Å²) in [5, 5.41) is 7.56. The number of hydrazine groups is 1. The van der Waals surface area contributed by atoms with Crippen molar-refractivity contribution < 1.29 is 0 Å². The molecule has 1 aromatic heterocycles. The van der Waals surface area contributed by atoms with E-state index in [1.807, 2.05) is 18.2 Å². The molecular weight excluding hydrogens is 280 g/mol. The van der Waals surface area contributed by atoms with Crippen molar-refractivity contribution in [3.63, 3.8) is 0 Å². The molecule has 1 aliphatic heterocycles. The molecule has 0 bridgehead atoms. The van der Waals surface area contributed by atoms with Gasteiger partial charge in [-0.05, 0) is 13.0 Å². The number of hydrogen-bond acceptors (Lipinski definition) is 6. The Hall–Kier alpha value is -2.32. The zero-order valence-electron chi connectivity index (χ0n) is 10.6. The molecule has 2 heterocycles. The number of hydrogen-bond donors (Lipinski definition) is 4. The van der Waals surface area contributed by atoms with E-state index in [9.17, 15) is 0 Å². The second kappa shape index (κ2) is 4.66. The van der Waals surface area contributed by atoms with Gasteiger partial charge in [-0.15, -0.1) is 5.11 Å². The van der Waals surface area contributed by atoms with Gasteiger partial charge in [-0.2, -0.15) is 0 Å². The van der Waals surface area contributed by atoms with Gasteiger partial charge < -0.3 is 17.1 Å². The SMILES string of the molecule is Cc1nc(-c2ccc3c(c2)NNC3N=NN)c(Cl)n1N. The first-order valence-electron chi connectivity index (χ1n) is 5.87. The van der Waals surface area contributed by atoms with Crippen LogP contribution in [-0.4, -0.2) is 9.66 Å². The summed E-state index contributed by atoms with van der Waals surface area (Å²) >= 11 is 6.17. The summed E-state index contributed by atoms with van der Waals surface area (Å²) in [5.41, 5.74) is 9.30. The number of imidazole rings is 1. The van der Waals surface area contributed by atoms with Gasteiger partial charge in [0.1, 0.15) is 11.5 Å². The van der Waals surface area contributed by atoms with Gasteiger partial charge in [-0.3, -0.25) is 0 Å². The molecule has 20 heavy (non-hydrogen) atoms. The van der Waals surface area contributed by atoms with Gasteiger partial charge in [0, 0.05) is 11.1 Å². The molecule has 1 unspecified atom stereocenters. The highest BCUT2D eigenvalue weighted by molar-refractivity contribution is 6.32. The quantitative estimate of drug-likeness (QED) is 0.380. The summed E-state index contributed by atoms with van der Waals surface area (Å²) in [4.78, 5) is 4.36. The van der Waals surface area contributed by atoms with Crippen LogP contribution in [0.1, 0.15) is 17.6 Å². The Morgan fingerprint density at radius 1 is 1.45 bits per heavy atom. The van der Waals surface area contributed by atoms with Crippen molar-refractivity contribution in [2.45, 2.75) is 13.1 Å². The molecule has 104 valence electrons. The van der Waals surface area contributed by atoms with E-state index in [2.05, 4.69) is 26.2 Å². The van der Waals surface area contributed by atoms with E-state index in [-0.39, 0.29) is 6.17 Å². The number of nitrogens with one attached hydrogen (secondary N) is 2. The van der Waals surface area contributed by atoms with E-state index in [0.717, 1.165) is 16.8 Å². The zero-order valence-corrected chi connectivity index (χ0v) is 11.4. The normalized spacial score (nSPS) is 17.4. The van der Waals surface area contributed by atoms with Crippen molar-refractivity contribution in [1.29, 1.82) is 0 Å². The van der Waals surface area contributed by atoms with Gasteiger partial charge in [-0.25, -0.2) is 15.1 Å².